The zero-order valence-electron chi connectivity index (χ0n) is 12.9. The Morgan fingerprint density at radius 1 is 1.13 bits per heavy atom. The van der Waals surface area contributed by atoms with Crippen LogP contribution in [0.4, 0.5) is 0 Å². The van der Waals surface area contributed by atoms with E-state index in [1.165, 1.54) is 12.3 Å². The molecular formula is C17H17N3O3. The quantitative estimate of drug-likeness (QED) is 0.485. The summed E-state index contributed by atoms with van der Waals surface area (Å²) in [5.74, 6) is 0.0870. The number of rotatable bonds is 6. The molecule has 2 N–H and O–H groups in total. The van der Waals surface area contributed by atoms with Crippen molar-refractivity contribution in [3.05, 3.63) is 71.7 Å². The van der Waals surface area contributed by atoms with Crippen LogP contribution < -0.4 is 15.6 Å². The van der Waals surface area contributed by atoms with Gasteiger partial charge in [-0.25, -0.2) is 0 Å². The van der Waals surface area contributed by atoms with Crippen LogP contribution in [0.15, 0.2) is 60.6 Å². The summed E-state index contributed by atoms with van der Waals surface area (Å²) in [5.41, 5.74) is 6.63. The van der Waals surface area contributed by atoms with Gasteiger partial charge in [-0.05, 0) is 31.2 Å². The molecule has 6 nitrogen and oxygen atoms in total. The lowest BCUT2D eigenvalue weighted by molar-refractivity contribution is 0.0936. The zero-order valence-corrected chi connectivity index (χ0v) is 12.9. The Labute approximate surface area is 134 Å². The standard InChI is InChI=1S/C17H17N3O3/c1-12(19-20-17(22)14-6-4-8-18-11-14)9-16(21)13-5-3-7-15(10-13)23-2/h3-11,19H,1-2H3,(H,20,22)/b12-9+. The number of hydrogen-bond donors (Lipinski definition) is 2. The summed E-state index contributed by atoms with van der Waals surface area (Å²) < 4.78 is 5.09. The third kappa shape index (κ3) is 4.67. The number of allylic oxidation sites excluding steroid dienone is 2. The van der Waals surface area contributed by atoms with E-state index in [1.807, 2.05) is 0 Å². The Morgan fingerprint density at radius 2 is 1.91 bits per heavy atom. The molecule has 0 fully saturated rings. The molecule has 0 aliphatic rings. The smallest absolute Gasteiger partial charge is 0.271 e. The molecule has 6 heteroatoms. The molecule has 2 aromatic rings. The second-order valence-corrected chi connectivity index (χ2v) is 4.74. The topological polar surface area (TPSA) is 80.3 Å². The Hall–Kier alpha value is -3.15. The average Bonchev–Trinajstić information content (AvgIpc) is 2.60. The Bertz CT molecular complexity index is 727. The third-order valence-corrected chi connectivity index (χ3v) is 3.00. The molecule has 118 valence electrons. The van der Waals surface area contributed by atoms with E-state index in [-0.39, 0.29) is 11.7 Å². The second-order valence-electron chi connectivity index (χ2n) is 4.74. The fourth-order valence-electron chi connectivity index (χ4n) is 1.82. The van der Waals surface area contributed by atoms with Gasteiger partial charge in [0.15, 0.2) is 5.78 Å². The second kappa shape index (κ2) is 7.74. The first-order valence-corrected chi connectivity index (χ1v) is 6.93. The van der Waals surface area contributed by atoms with Crippen molar-refractivity contribution in [3.8, 4) is 5.75 Å². The number of ketones is 1. The van der Waals surface area contributed by atoms with Crippen LogP contribution in [0.2, 0.25) is 0 Å². The molecule has 0 aliphatic carbocycles. The van der Waals surface area contributed by atoms with Gasteiger partial charge in [0.25, 0.3) is 5.91 Å². The Morgan fingerprint density at radius 3 is 2.61 bits per heavy atom. The number of hydrogen-bond acceptors (Lipinski definition) is 5. The lowest BCUT2D eigenvalue weighted by Crippen LogP contribution is -2.36. The summed E-state index contributed by atoms with van der Waals surface area (Å²) in [7, 11) is 1.54. The summed E-state index contributed by atoms with van der Waals surface area (Å²) in [6.07, 6.45) is 4.44. The summed E-state index contributed by atoms with van der Waals surface area (Å²) in [6.45, 7) is 1.68. The minimum Gasteiger partial charge on any atom is -0.497 e. The predicted octanol–water partition coefficient (Wildman–Crippen LogP) is 2.11. The highest BCUT2D eigenvalue weighted by Gasteiger charge is 2.06. The van der Waals surface area contributed by atoms with Gasteiger partial charge in [0.1, 0.15) is 5.75 Å². The molecule has 1 amide bonds. The van der Waals surface area contributed by atoms with E-state index >= 15 is 0 Å². The van der Waals surface area contributed by atoms with Gasteiger partial charge in [-0.15, -0.1) is 0 Å². The first-order valence-electron chi connectivity index (χ1n) is 6.93. The van der Waals surface area contributed by atoms with Gasteiger partial charge in [-0.2, -0.15) is 0 Å². The number of pyridine rings is 1. The van der Waals surface area contributed by atoms with Crippen LogP contribution in [0.25, 0.3) is 0 Å². The molecule has 23 heavy (non-hydrogen) atoms. The van der Waals surface area contributed by atoms with Crippen molar-refractivity contribution in [2.24, 2.45) is 0 Å². The SMILES string of the molecule is COc1cccc(C(=O)/C=C(\C)NNC(=O)c2cccnc2)c1. The fourth-order valence-corrected chi connectivity index (χ4v) is 1.82. The van der Waals surface area contributed by atoms with E-state index < -0.39 is 0 Å². The van der Waals surface area contributed by atoms with Gasteiger partial charge in [0.05, 0.1) is 12.7 Å². The molecule has 1 aromatic carbocycles. The van der Waals surface area contributed by atoms with E-state index in [4.69, 9.17) is 4.74 Å². The highest BCUT2D eigenvalue weighted by molar-refractivity contribution is 6.05. The molecule has 0 saturated heterocycles. The van der Waals surface area contributed by atoms with Gasteiger partial charge in [0, 0.05) is 29.7 Å². The molecule has 0 unspecified atom stereocenters. The highest BCUT2D eigenvalue weighted by Crippen LogP contribution is 2.13. The number of ether oxygens (including phenoxy) is 1. The number of hydrazine groups is 1. The monoisotopic (exact) mass is 311 g/mol. The minimum atomic E-state index is -0.334. The van der Waals surface area contributed by atoms with Gasteiger partial charge in [-0.3, -0.25) is 20.0 Å². The van der Waals surface area contributed by atoms with Crippen molar-refractivity contribution in [2.45, 2.75) is 6.92 Å². The molecule has 0 radical (unpaired) electrons. The summed E-state index contributed by atoms with van der Waals surface area (Å²) in [5, 5.41) is 0. The molecule has 0 aliphatic heterocycles. The van der Waals surface area contributed by atoms with Crippen LogP contribution in [0.5, 0.6) is 5.75 Å². The van der Waals surface area contributed by atoms with Crippen LogP contribution in [0, 0.1) is 0 Å². The molecule has 0 atom stereocenters. The van der Waals surface area contributed by atoms with E-state index in [9.17, 15) is 9.59 Å². The summed E-state index contributed by atoms with van der Waals surface area (Å²) in [6, 6.07) is 10.2. The number of nitrogens with zero attached hydrogens (tertiary/aromatic N) is 1. The van der Waals surface area contributed by atoms with Crippen LogP contribution in [-0.2, 0) is 0 Å². The van der Waals surface area contributed by atoms with Crippen LogP contribution in [-0.4, -0.2) is 23.8 Å². The first-order chi connectivity index (χ1) is 11.1. The van der Waals surface area contributed by atoms with E-state index in [0.717, 1.165) is 0 Å². The van der Waals surface area contributed by atoms with E-state index in [2.05, 4.69) is 15.8 Å². The summed E-state index contributed by atoms with van der Waals surface area (Å²) >= 11 is 0. The molecule has 0 saturated carbocycles. The van der Waals surface area contributed by atoms with Gasteiger partial charge in [-0.1, -0.05) is 12.1 Å². The van der Waals surface area contributed by atoms with E-state index in [1.54, 1.807) is 56.6 Å². The van der Waals surface area contributed by atoms with Crippen molar-refractivity contribution in [1.29, 1.82) is 0 Å². The van der Waals surface area contributed by atoms with Crippen LogP contribution >= 0.6 is 0 Å². The van der Waals surface area contributed by atoms with Crippen molar-refractivity contribution >= 4 is 11.7 Å². The van der Waals surface area contributed by atoms with E-state index in [0.29, 0.717) is 22.6 Å². The van der Waals surface area contributed by atoms with Gasteiger partial charge in [0.2, 0.25) is 0 Å². The van der Waals surface area contributed by atoms with Crippen molar-refractivity contribution < 1.29 is 14.3 Å². The predicted molar refractivity (Wildman–Crippen MR) is 85.9 cm³/mol. The highest BCUT2D eigenvalue weighted by atomic mass is 16.5. The number of benzene rings is 1. The van der Waals surface area contributed by atoms with Crippen molar-refractivity contribution in [1.82, 2.24) is 15.8 Å². The largest absolute Gasteiger partial charge is 0.497 e. The summed E-state index contributed by atoms with van der Waals surface area (Å²) in [4.78, 5) is 27.9. The van der Waals surface area contributed by atoms with Crippen LogP contribution in [0.3, 0.4) is 0 Å². The average molecular weight is 311 g/mol. The maximum Gasteiger partial charge on any atom is 0.271 e. The maximum absolute atomic E-state index is 12.1. The third-order valence-electron chi connectivity index (χ3n) is 3.00. The van der Waals surface area contributed by atoms with Crippen molar-refractivity contribution in [2.75, 3.05) is 7.11 Å². The lowest BCUT2D eigenvalue weighted by atomic mass is 10.1. The fraction of sp³-hybridized carbons (Fsp3) is 0.118. The maximum atomic E-state index is 12.1. The minimum absolute atomic E-state index is 0.190. The molecule has 0 spiro atoms. The number of aromatic nitrogens is 1. The number of carbonyl (C=O) groups is 2. The molecule has 0 bridgehead atoms. The number of nitrogens with one attached hydrogen (secondary N) is 2. The van der Waals surface area contributed by atoms with Crippen LogP contribution in [0.1, 0.15) is 27.6 Å². The first kappa shape index (κ1) is 16.2. The number of methoxy groups -OCH3 is 1. The Balaban J connectivity index is 1.96. The molecule has 1 heterocycles. The molecular weight excluding hydrogens is 294 g/mol. The number of carbonyl (C=O) groups excluding carboxylic acids is 2. The molecule has 1 aromatic heterocycles. The number of amides is 1. The lowest BCUT2D eigenvalue weighted by Gasteiger charge is -2.08. The van der Waals surface area contributed by atoms with Gasteiger partial charge >= 0.3 is 0 Å². The molecule has 2 rings (SSSR count). The van der Waals surface area contributed by atoms with Gasteiger partial charge < -0.3 is 10.2 Å². The Kier molecular flexibility index (Phi) is 5.46. The van der Waals surface area contributed by atoms with Crippen molar-refractivity contribution in [3.63, 3.8) is 0 Å². The zero-order chi connectivity index (χ0) is 16.7. The normalized spacial score (nSPS) is 10.8.